The maximum absolute atomic E-state index is 9.75. The summed E-state index contributed by atoms with van der Waals surface area (Å²) in [5.41, 5.74) is 3.65. The van der Waals surface area contributed by atoms with E-state index in [0.29, 0.717) is 5.92 Å². The first-order valence-corrected chi connectivity index (χ1v) is 8.52. The molecule has 2 aromatic heterocycles. The van der Waals surface area contributed by atoms with Gasteiger partial charge in [0, 0.05) is 63.3 Å². The van der Waals surface area contributed by atoms with Crippen LogP contribution in [0.15, 0.2) is 16.9 Å². The number of nitrogens with zero attached hydrogens (tertiary/aromatic N) is 4. The smallest absolute Gasteiger partial charge is 0.140 e. The summed E-state index contributed by atoms with van der Waals surface area (Å²) in [5.74, 6) is 1.70. The van der Waals surface area contributed by atoms with Crippen molar-refractivity contribution in [3.05, 3.63) is 35.0 Å². The fourth-order valence-electron chi connectivity index (χ4n) is 4.07. The lowest BCUT2D eigenvalue weighted by atomic mass is 9.92. The van der Waals surface area contributed by atoms with Gasteiger partial charge in [-0.15, -0.1) is 0 Å². The standard InChI is InChI=1S/C17H24N4O2/c1-20-7-12(6-18-20)15-9-21(8-13(15)11-22)10-16-14-4-2-3-5-17(14)23-19-16/h6-7,13,15,22H,2-5,8-11H2,1H3/t13-,15-/m0/s1. The molecule has 1 aliphatic carbocycles. The van der Waals surface area contributed by atoms with Crippen LogP contribution in [0.4, 0.5) is 0 Å². The number of hydrogen-bond donors (Lipinski definition) is 1. The topological polar surface area (TPSA) is 67.3 Å². The van der Waals surface area contributed by atoms with Gasteiger partial charge in [0.1, 0.15) is 11.5 Å². The number of fused-ring (bicyclic) bond motifs is 1. The second-order valence-corrected chi connectivity index (χ2v) is 6.93. The molecule has 0 radical (unpaired) electrons. The Kier molecular flexibility index (Phi) is 3.95. The molecule has 1 fully saturated rings. The van der Waals surface area contributed by atoms with Gasteiger partial charge in [0.05, 0.1) is 6.20 Å². The van der Waals surface area contributed by atoms with E-state index in [9.17, 15) is 5.11 Å². The van der Waals surface area contributed by atoms with E-state index >= 15 is 0 Å². The molecule has 3 heterocycles. The fraction of sp³-hybridized carbons (Fsp3) is 0.647. The molecule has 23 heavy (non-hydrogen) atoms. The molecule has 0 aromatic carbocycles. The van der Waals surface area contributed by atoms with Crippen LogP contribution in [-0.4, -0.2) is 44.6 Å². The molecule has 2 atom stereocenters. The van der Waals surface area contributed by atoms with Crippen molar-refractivity contribution >= 4 is 0 Å². The number of hydrogen-bond acceptors (Lipinski definition) is 5. The van der Waals surface area contributed by atoms with Crippen LogP contribution in [0.2, 0.25) is 0 Å². The van der Waals surface area contributed by atoms with Crippen LogP contribution in [0.3, 0.4) is 0 Å². The third-order valence-electron chi connectivity index (χ3n) is 5.31. The van der Waals surface area contributed by atoms with E-state index in [1.807, 2.05) is 17.9 Å². The van der Waals surface area contributed by atoms with E-state index in [4.69, 9.17) is 4.52 Å². The summed E-state index contributed by atoms with van der Waals surface area (Å²) >= 11 is 0. The Morgan fingerprint density at radius 1 is 1.30 bits per heavy atom. The summed E-state index contributed by atoms with van der Waals surface area (Å²) in [4.78, 5) is 2.39. The van der Waals surface area contributed by atoms with Crippen LogP contribution in [0.5, 0.6) is 0 Å². The van der Waals surface area contributed by atoms with Crippen LogP contribution in [0.25, 0.3) is 0 Å². The van der Waals surface area contributed by atoms with E-state index in [0.717, 1.165) is 43.9 Å². The predicted octanol–water partition coefficient (Wildman–Crippen LogP) is 1.49. The minimum atomic E-state index is 0.215. The highest BCUT2D eigenvalue weighted by Crippen LogP contribution is 2.34. The Morgan fingerprint density at radius 3 is 2.96 bits per heavy atom. The van der Waals surface area contributed by atoms with Crippen LogP contribution < -0.4 is 0 Å². The molecule has 2 aromatic rings. The molecule has 6 heteroatoms. The predicted molar refractivity (Wildman–Crippen MR) is 84.9 cm³/mol. The van der Waals surface area contributed by atoms with E-state index < -0.39 is 0 Å². The van der Waals surface area contributed by atoms with Crippen molar-refractivity contribution in [3.8, 4) is 0 Å². The van der Waals surface area contributed by atoms with Crippen molar-refractivity contribution in [1.29, 1.82) is 0 Å². The lowest BCUT2D eigenvalue weighted by Gasteiger charge is -2.16. The van der Waals surface area contributed by atoms with Gasteiger partial charge in [0.2, 0.25) is 0 Å². The molecule has 0 saturated carbocycles. The number of aliphatic hydroxyl groups is 1. The quantitative estimate of drug-likeness (QED) is 0.926. The maximum Gasteiger partial charge on any atom is 0.140 e. The summed E-state index contributed by atoms with van der Waals surface area (Å²) in [5, 5.41) is 18.3. The average molecular weight is 316 g/mol. The van der Waals surface area contributed by atoms with Gasteiger partial charge in [-0.2, -0.15) is 5.10 Å². The highest BCUT2D eigenvalue weighted by Gasteiger charge is 2.35. The van der Waals surface area contributed by atoms with E-state index in [2.05, 4.69) is 21.4 Å². The molecule has 6 nitrogen and oxygen atoms in total. The third-order valence-corrected chi connectivity index (χ3v) is 5.31. The summed E-state index contributed by atoms with van der Waals surface area (Å²) in [7, 11) is 1.94. The van der Waals surface area contributed by atoms with Gasteiger partial charge in [-0.05, 0) is 24.8 Å². The first-order chi connectivity index (χ1) is 11.2. The summed E-state index contributed by atoms with van der Waals surface area (Å²) in [6, 6.07) is 0. The number of aromatic nitrogens is 3. The third kappa shape index (κ3) is 2.81. The van der Waals surface area contributed by atoms with Gasteiger partial charge in [-0.25, -0.2) is 0 Å². The van der Waals surface area contributed by atoms with Gasteiger partial charge in [0.25, 0.3) is 0 Å². The Morgan fingerprint density at radius 2 is 2.17 bits per heavy atom. The minimum Gasteiger partial charge on any atom is -0.396 e. The van der Waals surface area contributed by atoms with Gasteiger partial charge < -0.3 is 9.63 Å². The Labute approximate surface area is 136 Å². The van der Waals surface area contributed by atoms with E-state index in [1.165, 1.54) is 24.0 Å². The fourth-order valence-corrected chi connectivity index (χ4v) is 4.07. The molecule has 1 saturated heterocycles. The van der Waals surface area contributed by atoms with E-state index in [1.54, 1.807) is 0 Å². The molecule has 124 valence electrons. The average Bonchev–Trinajstić information content (AvgIpc) is 3.26. The van der Waals surface area contributed by atoms with Gasteiger partial charge >= 0.3 is 0 Å². The lowest BCUT2D eigenvalue weighted by molar-refractivity contribution is 0.213. The Hall–Kier alpha value is -1.66. The number of aryl methyl sites for hydroxylation is 2. The zero-order valence-corrected chi connectivity index (χ0v) is 13.6. The molecule has 0 bridgehead atoms. The first kappa shape index (κ1) is 14.9. The number of rotatable bonds is 4. The maximum atomic E-state index is 9.75. The summed E-state index contributed by atoms with van der Waals surface area (Å²) < 4.78 is 7.36. The van der Waals surface area contributed by atoms with Crippen molar-refractivity contribution in [3.63, 3.8) is 0 Å². The Balaban J connectivity index is 1.49. The normalized spacial score (nSPS) is 25.0. The first-order valence-electron chi connectivity index (χ1n) is 8.52. The molecule has 2 aliphatic rings. The lowest BCUT2D eigenvalue weighted by Crippen LogP contribution is -2.22. The van der Waals surface area contributed by atoms with Gasteiger partial charge in [0.15, 0.2) is 0 Å². The van der Waals surface area contributed by atoms with Crippen LogP contribution in [-0.2, 0) is 26.4 Å². The van der Waals surface area contributed by atoms with Gasteiger partial charge in [-0.1, -0.05) is 5.16 Å². The zero-order chi connectivity index (χ0) is 15.8. The second kappa shape index (κ2) is 6.09. The van der Waals surface area contributed by atoms with Gasteiger partial charge in [-0.3, -0.25) is 9.58 Å². The second-order valence-electron chi connectivity index (χ2n) is 6.93. The number of likely N-dealkylation sites (tertiary alicyclic amines) is 1. The molecule has 4 rings (SSSR count). The van der Waals surface area contributed by atoms with Crippen molar-refractivity contribution in [1.82, 2.24) is 19.8 Å². The zero-order valence-electron chi connectivity index (χ0n) is 13.6. The Bertz CT molecular complexity index is 678. The molecule has 0 amide bonds. The van der Waals surface area contributed by atoms with Crippen molar-refractivity contribution in [2.75, 3.05) is 19.7 Å². The van der Waals surface area contributed by atoms with Crippen molar-refractivity contribution < 1.29 is 9.63 Å². The van der Waals surface area contributed by atoms with Crippen LogP contribution >= 0.6 is 0 Å². The molecule has 1 N–H and O–H groups in total. The van der Waals surface area contributed by atoms with Crippen LogP contribution in [0, 0.1) is 5.92 Å². The van der Waals surface area contributed by atoms with E-state index in [-0.39, 0.29) is 12.5 Å². The van der Waals surface area contributed by atoms with Crippen molar-refractivity contribution in [2.45, 2.75) is 38.1 Å². The highest BCUT2D eigenvalue weighted by molar-refractivity contribution is 5.26. The molecule has 0 spiro atoms. The SMILES string of the molecule is Cn1cc([C@@H]2CN(Cc3noc4c3CCCC4)C[C@H]2CO)cn1. The monoisotopic (exact) mass is 316 g/mol. The molecule has 0 unspecified atom stereocenters. The molecule has 1 aliphatic heterocycles. The highest BCUT2D eigenvalue weighted by atomic mass is 16.5. The minimum absolute atomic E-state index is 0.215. The summed E-state index contributed by atoms with van der Waals surface area (Å²) in [6.45, 7) is 2.88. The van der Waals surface area contributed by atoms with Crippen molar-refractivity contribution in [2.24, 2.45) is 13.0 Å². The largest absolute Gasteiger partial charge is 0.396 e. The molecular formula is C17H24N4O2. The summed E-state index contributed by atoms with van der Waals surface area (Å²) in [6.07, 6.45) is 8.56. The number of aliphatic hydroxyl groups excluding tert-OH is 1. The molecular weight excluding hydrogens is 292 g/mol. The van der Waals surface area contributed by atoms with Crippen LogP contribution in [0.1, 0.15) is 41.3 Å².